The summed E-state index contributed by atoms with van der Waals surface area (Å²) in [4.78, 5) is 12.8. The molecule has 4 nitrogen and oxygen atoms in total. The molecule has 5 fully saturated rings. The van der Waals surface area contributed by atoms with Crippen molar-refractivity contribution in [3.63, 3.8) is 0 Å². The third kappa shape index (κ3) is 2.33. The van der Waals surface area contributed by atoms with Gasteiger partial charge >= 0.3 is 0 Å². The molecule has 4 heteroatoms. The smallest absolute Gasteiger partial charge is 0.223 e. The van der Waals surface area contributed by atoms with Crippen LogP contribution < -0.4 is 5.32 Å². The number of amides is 1. The molecule has 0 spiro atoms. The van der Waals surface area contributed by atoms with Gasteiger partial charge in [-0.25, -0.2) is 0 Å². The van der Waals surface area contributed by atoms with Crippen LogP contribution in [-0.2, 0) is 11.8 Å². The van der Waals surface area contributed by atoms with Crippen molar-refractivity contribution in [3.05, 3.63) is 18.0 Å². The van der Waals surface area contributed by atoms with Gasteiger partial charge in [0.25, 0.3) is 0 Å². The van der Waals surface area contributed by atoms with E-state index in [0.717, 1.165) is 24.2 Å². The summed E-state index contributed by atoms with van der Waals surface area (Å²) in [5.41, 5.74) is 1.63. The van der Waals surface area contributed by atoms with Crippen molar-refractivity contribution in [2.45, 2.75) is 63.8 Å². The molecule has 1 aromatic heterocycles. The minimum absolute atomic E-state index is 0.172. The largest absolute Gasteiger partial charge is 0.353 e. The Balaban J connectivity index is 1.24. The Labute approximate surface area is 144 Å². The fraction of sp³-hybridized carbons (Fsp3) is 0.800. The molecular weight excluding hydrogens is 298 g/mol. The second kappa shape index (κ2) is 5.09. The molecule has 0 unspecified atom stereocenters. The van der Waals surface area contributed by atoms with Gasteiger partial charge in [-0.1, -0.05) is 0 Å². The van der Waals surface area contributed by atoms with Crippen LogP contribution in [0.5, 0.6) is 0 Å². The first-order valence-electron chi connectivity index (χ1n) is 9.81. The topological polar surface area (TPSA) is 46.9 Å². The summed E-state index contributed by atoms with van der Waals surface area (Å²) in [6.45, 7) is 2.28. The van der Waals surface area contributed by atoms with Crippen LogP contribution in [0.4, 0.5) is 0 Å². The van der Waals surface area contributed by atoms with E-state index in [2.05, 4.69) is 23.5 Å². The lowest BCUT2D eigenvalue weighted by molar-refractivity contribution is -0.127. The van der Waals surface area contributed by atoms with Crippen LogP contribution in [0.1, 0.15) is 63.4 Å². The minimum atomic E-state index is 0.172. The fourth-order valence-electron chi connectivity index (χ4n) is 6.67. The van der Waals surface area contributed by atoms with E-state index < -0.39 is 0 Å². The number of aryl methyl sites for hydroxylation is 1. The lowest BCUT2D eigenvalue weighted by atomic mass is 9.48. The lowest BCUT2D eigenvalue weighted by Gasteiger charge is -2.59. The van der Waals surface area contributed by atoms with E-state index in [9.17, 15) is 4.79 Å². The van der Waals surface area contributed by atoms with E-state index >= 15 is 0 Å². The molecule has 4 bridgehead atoms. The second-order valence-corrected chi connectivity index (χ2v) is 9.41. The standard InChI is InChI=1S/C20H29N3O/c1-12(20-7-13-3-14(8-20)5-15(4-13)9-20)22-19(24)18-6-17(18)16-10-21-23(2)11-16/h10-15,17-18H,3-9H2,1-2H3,(H,22,24)/t12-,13?,14?,15?,17+,18-,20?/m0/s1. The van der Waals surface area contributed by atoms with Gasteiger partial charge in [0.1, 0.15) is 0 Å². The zero-order valence-corrected chi connectivity index (χ0v) is 14.9. The van der Waals surface area contributed by atoms with Gasteiger partial charge in [0.05, 0.1) is 6.20 Å². The molecule has 1 aromatic rings. The Kier molecular flexibility index (Phi) is 3.18. The number of rotatable bonds is 4. The Morgan fingerprint density at radius 3 is 2.38 bits per heavy atom. The van der Waals surface area contributed by atoms with Crippen LogP contribution in [0, 0.1) is 29.1 Å². The molecule has 0 aliphatic heterocycles. The normalized spacial score (nSPS) is 43.7. The number of carbonyl (C=O) groups excluding carboxylic acids is 1. The number of carbonyl (C=O) groups is 1. The molecule has 3 atom stereocenters. The van der Waals surface area contributed by atoms with E-state index in [1.54, 1.807) is 0 Å². The summed E-state index contributed by atoms with van der Waals surface area (Å²) < 4.78 is 1.83. The maximum absolute atomic E-state index is 12.8. The highest BCUT2D eigenvalue weighted by atomic mass is 16.2. The maximum atomic E-state index is 12.8. The zero-order chi connectivity index (χ0) is 16.5. The highest BCUT2D eigenvalue weighted by molar-refractivity contribution is 5.83. The molecule has 0 radical (unpaired) electrons. The third-order valence-corrected chi connectivity index (χ3v) is 7.64. The summed E-state index contributed by atoms with van der Waals surface area (Å²) >= 11 is 0. The predicted octanol–water partition coefficient (Wildman–Crippen LogP) is 3.24. The Hall–Kier alpha value is -1.32. The van der Waals surface area contributed by atoms with Gasteiger partial charge in [0.2, 0.25) is 5.91 Å². The molecule has 5 aliphatic carbocycles. The van der Waals surface area contributed by atoms with Gasteiger partial charge in [-0.15, -0.1) is 0 Å². The molecule has 1 amide bonds. The number of hydrogen-bond donors (Lipinski definition) is 1. The van der Waals surface area contributed by atoms with Gasteiger partial charge in [0.15, 0.2) is 0 Å². The number of nitrogens with one attached hydrogen (secondary N) is 1. The Bertz CT molecular complexity index is 628. The highest BCUT2D eigenvalue weighted by Crippen LogP contribution is 2.61. The summed E-state index contributed by atoms with van der Waals surface area (Å²) in [7, 11) is 1.94. The monoisotopic (exact) mass is 327 g/mol. The van der Waals surface area contributed by atoms with Crippen molar-refractivity contribution < 1.29 is 4.79 Å². The van der Waals surface area contributed by atoms with Crippen LogP contribution in [0.2, 0.25) is 0 Å². The minimum Gasteiger partial charge on any atom is -0.353 e. The number of hydrogen-bond acceptors (Lipinski definition) is 2. The molecule has 24 heavy (non-hydrogen) atoms. The SMILES string of the molecule is C[C@H](NC(=O)[C@H]1C[C@@H]1c1cnn(C)c1)C12CC3CC(CC(C3)C1)C2. The van der Waals surface area contributed by atoms with Crippen LogP contribution in [-0.4, -0.2) is 21.7 Å². The summed E-state index contributed by atoms with van der Waals surface area (Å²) in [6, 6.07) is 0.341. The molecule has 5 aliphatic rings. The first-order chi connectivity index (χ1) is 11.5. The van der Waals surface area contributed by atoms with Crippen molar-refractivity contribution in [2.75, 3.05) is 0 Å². The van der Waals surface area contributed by atoms with Gasteiger partial charge in [-0.3, -0.25) is 9.48 Å². The molecule has 6 rings (SSSR count). The first-order valence-corrected chi connectivity index (χ1v) is 9.81. The average molecular weight is 327 g/mol. The van der Waals surface area contributed by atoms with Crippen molar-refractivity contribution in [1.82, 2.24) is 15.1 Å². The first kappa shape index (κ1) is 15.0. The number of aromatic nitrogens is 2. The molecule has 1 heterocycles. The van der Waals surface area contributed by atoms with E-state index in [1.165, 1.54) is 44.1 Å². The molecule has 0 aromatic carbocycles. The van der Waals surface area contributed by atoms with Crippen LogP contribution in [0.3, 0.4) is 0 Å². The van der Waals surface area contributed by atoms with E-state index in [0.29, 0.717) is 17.4 Å². The third-order valence-electron chi connectivity index (χ3n) is 7.64. The molecule has 5 saturated carbocycles. The number of nitrogens with zero attached hydrogens (tertiary/aromatic N) is 2. The molecule has 0 saturated heterocycles. The van der Waals surface area contributed by atoms with E-state index in [4.69, 9.17) is 0 Å². The van der Waals surface area contributed by atoms with Gasteiger partial charge in [-0.05, 0) is 86.5 Å². The molecule has 130 valence electrons. The van der Waals surface area contributed by atoms with Crippen LogP contribution in [0.15, 0.2) is 12.4 Å². The Morgan fingerprint density at radius 1 is 1.21 bits per heavy atom. The van der Waals surface area contributed by atoms with Crippen molar-refractivity contribution in [2.24, 2.45) is 36.1 Å². The second-order valence-electron chi connectivity index (χ2n) is 9.41. The molecule has 1 N–H and O–H groups in total. The summed E-state index contributed by atoms with van der Waals surface area (Å²) in [5, 5.41) is 7.68. The van der Waals surface area contributed by atoms with Gasteiger partial charge in [0, 0.05) is 25.2 Å². The van der Waals surface area contributed by atoms with Crippen LogP contribution >= 0.6 is 0 Å². The molecular formula is C20H29N3O. The van der Waals surface area contributed by atoms with Crippen molar-refractivity contribution >= 4 is 5.91 Å². The average Bonchev–Trinajstić information content (AvgIpc) is 3.21. The van der Waals surface area contributed by atoms with E-state index in [1.807, 2.05) is 17.9 Å². The highest BCUT2D eigenvalue weighted by Gasteiger charge is 2.54. The summed E-state index contributed by atoms with van der Waals surface area (Å²) in [5.74, 6) is 3.68. The summed E-state index contributed by atoms with van der Waals surface area (Å²) in [6.07, 6.45) is 13.4. The quantitative estimate of drug-likeness (QED) is 0.923. The van der Waals surface area contributed by atoms with E-state index in [-0.39, 0.29) is 11.8 Å². The van der Waals surface area contributed by atoms with Crippen LogP contribution in [0.25, 0.3) is 0 Å². The van der Waals surface area contributed by atoms with Gasteiger partial charge < -0.3 is 5.32 Å². The van der Waals surface area contributed by atoms with Crippen molar-refractivity contribution in [1.29, 1.82) is 0 Å². The fourth-order valence-corrected chi connectivity index (χ4v) is 6.67. The van der Waals surface area contributed by atoms with Crippen molar-refractivity contribution in [3.8, 4) is 0 Å². The lowest BCUT2D eigenvalue weighted by Crippen LogP contribution is -2.56. The maximum Gasteiger partial charge on any atom is 0.223 e. The predicted molar refractivity (Wildman–Crippen MR) is 92.3 cm³/mol. The van der Waals surface area contributed by atoms with Gasteiger partial charge in [-0.2, -0.15) is 5.10 Å². The Morgan fingerprint density at radius 2 is 1.83 bits per heavy atom. The zero-order valence-electron chi connectivity index (χ0n) is 14.9.